The molecule has 0 saturated carbocycles. The lowest BCUT2D eigenvalue weighted by Gasteiger charge is -2.36. The van der Waals surface area contributed by atoms with Crippen LogP contribution >= 0.6 is 0 Å². The van der Waals surface area contributed by atoms with Crippen molar-refractivity contribution >= 4 is 5.97 Å². The third kappa shape index (κ3) is 4.10. The normalized spacial score (nSPS) is 27.1. The molecule has 0 bridgehead atoms. The number of rotatable bonds is 4. The van der Waals surface area contributed by atoms with Gasteiger partial charge in [0.05, 0.1) is 12.6 Å². The molecule has 1 aliphatic rings. The Hall–Kier alpha value is -0.610. The quantitative estimate of drug-likeness (QED) is 0.729. The van der Waals surface area contributed by atoms with Gasteiger partial charge in [0.2, 0.25) is 0 Å². The van der Waals surface area contributed by atoms with Crippen LogP contribution in [-0.2, 0) is 9.53 Å². The van der Waals surface area contributed by atoms with Gasteiger partial charge in [0, 0.05) is 12.6 Å². The van der Waals surface area contributed by atoms with Crippen LogP contribution in [0, 0.1) is 5.92 Å². The Labute approximate surface area is 98.1 Å². The van der Waals surface area contributed by atoms with E-state index in [1.807, 2.05) is 13.8 Å². The van der Waals surface area contributed by atoms with Crippen LogP contribution in [0.15, 0.2) is 0 Å². The van der Waals surface area contributed by atoms with E-state index in [2.05, 4.69) is 11.8 Å². The second kappa shape index (κ2) is 6.21. The largest absolute Gasteiger partial charge is 0.462 e. The number of nitrogens with two attached hydrogens (primary N) is 1. The standard InChI is InChI=1S/C12H24N2O2/c1-9(2)16-12(15)8-14-7-11(6-13)5-4-10(14)3/h9-11H,4-8,13H2,1-3H3. The molecule has 2 N–H and O–H groups in total. The van der Waals surface area contributed by atoms with Crippen molar-refractivity contribution in [3.05, 3.63) is 0 Å². The summed E-state index contributed by atoms with van der Waals surface area (Å²) >= 11 is 0. The van der Waals surface area contributed by atoms with Gasteiger partial charge < -0.3 is 10.5 Å². The Morgan fingerprint density at radius 1 is 1.50 bits per heavy atom. The van der Waals surface area contributed by atoms with Crippen molar-refractivity contribution in [1.29, 1.82) is 0 Å². The highest BCUT2D eigenvalue weighted by atomic mass is 16.5. The monoisotopic (exact) mass is 228 g/mol. The smallest absolute Gasteiger partial charge is 0.320 e. The zero-order valence-electron chi connectivity index (χ0n) is 10.6. The van der Waals surface area contributed by atoms with Crippen LogP contribution in [0.2, 0.25) is 0 Å². The second-order valence-electron chi connectivity index (χ2n) is 5.00. The van der Waals surface area contributed by atoms with Crippen LogP contribution in [0.1, 0.15) is 33.6 Å². The van der Waals surface area contributed by atoms with E-state index in [9.17, 15) is 4.79 Å². The average Bonchev–Trinajstić information content (AvgIpc) is 2.20. The first-order valence-corrected chi connectivity index (χ1v) is 6.16. The van der Waals surface area contributed by atoms with E-state index in [4.69, 9.17) is 10.5 Å². The molecule has 94 valence electrons. The maximum Gasteiger partial charge on any atom is 0.320 e. The zero-order chi connectivity index (χ0) is 12.1. The lowest BCUT2D eigenvalue weighted by Crippen LogP contribution is -2.46. The summed E-state index contributed by atoms with van der Waals surface area (Å²) in [5.74, 6) is 0.405. The maximum absolute atomic E-state index is 11.6. The number of nitrogens with zero attached hydrogens (tertiary/aromatic N) is 1. The Morgan fingerprint density at radius 2 is 2.19 bits per heavy atom. The molecule has 1 heterocycles. The summed E-state index contributed by atoms with van der Waals surface area (Å²) in [5, 5.41) is 0. The van der Waals surface area contributed by atoms with Gasteiger partial charge in [-0.2, -0.15) is 0 Å². The van der Waals surface area contributed by atoms with Crippen molar-refractivity contribution < 1.29 is 9.53 Å². The number of likely N-dealkylation sites (tertiary alicyclic amines) is 1. The average molecular weight is 228 g/mol. The van der Waals surface area contributed by atoms with Crippen molar-refractivity contribution in [2.45, 2.75) is 45.8 Å². The van der Waals surface area contributed by atoms with E-state index in [0.29, 0.717) is 25.0 Å². The molecule has 1 aliphatic heterocycles. The summed E-state index contributed by atoms with van der Waals surface area (Å²) < 4.78 is 5.16. The molecule has 0 amide bonds. The molecule has 0 aromatic heterocycles. The molecule has 0 aliphatic carbocycles. The van der Waals surface area contributed by atoms with Crippen molar-refractivity contribution in [3.8, 4) is 0 Å². The fourth-order valence-corrected chi connectivity index (χ4v) is 2.14. The van der Waals surface area contributed by atoms with Gasteiger partial charge in [-0.25, -0.2) is 0 Å². The Balaban J connectivity index is 2.41. The molecule has 1 rings (SSSR count). The van der Waals surface area contributed by atoms with Gasteiger partial charge in [0.15, 0.2) is 0 Å². The van der Waals surface area contributed by atoms with Crippen LogP contribution in [-0.4, -0.2) is 42.6 Å². The highest BCUT2D eigenvalue weighted by Crippen LogP contribution is 2.20. The van der Waals surface area contributed by atoms with Crippen LogP contribution < -0.4 is 5.73 Å². The van der Waals surface area contributed by atoms with E-state index in [1.54, 1.807) is 0 Å². The number of hydrogen-bond acceptors (Lipinski definition) is 4. The van der Waals surface area contributed by atoms with Crippen molar-refractivity contribution in [1.82, 2.24) is 4.90 Å². The summed E-state index contributed by atoms with van der Waals surface area (Å²) in [6, 6.07) is 0.461. The molecule has 0 aromatic carbocycles. The van der Waals surface area contributed by atoms with Gasteiger partial charge in [-0.05, 0) is 46.1 Å². The van der Waals surface area contributed by atoms with E-state index in [1.165, 1.54) is 6.42 Å². The molecule has 1 fully saturated rings. The predicted octanol–water partition coefficient (Wildman–Crippen LogP) is 0.997. The molecular formula is C12H24N2O2. The molecule has 1 saturated heterocycles. The Morgan fingerprint density at radius 3 is 2.75 bits per heavy atom. The van der Waals surface area contributed by atoms with Crippen LogP contribution in [0.3, 0.4) is 0 Å². The number of piperidine rings is 1. The number of hydrogen-bond donors (Lipinski definition) is 1. The molecule has 16 heavy (non-hydrogen) atoms. The van der Waals surface area contributed by atoms with E-state index >= 15 is 0 Å². The predicted molar refractivity (Wildman–Crippen MR) is 64.0 cm³/mol. The lowest BCUT2D eigenvalue weighted by atomic mass is 9.93. The number of ether oxygens (including phenoxy) is 1. The fraction of sp³-hybridized carbons (Fsp3) is 0.917. The van der Waals surface area contributed by atoms with Gasteiger partial charge in [-0.15, -0.1) is 0 Å². The second-order valence-corrected chi connectivity index (χ2v) is 5.00. The summed E-state index contributed by atoms with van der Waals surface area (Å²) in [6.07, 6.45) is 2.27. The van der Waals surface area contributed by atoms with Gasteiger partial charge in [0.1, 0.15) is 0 Å². The molecule has 0 radical (unpaired) electrons. The SMILES string of the molecule is CC(C)OC(=O)CN1CC(CN)CCC1C. The van der Waals surface area contributed by atoms with E-state index in [-0.39, 0.29) is 12.1 Å². The minimum Gasteiger partial charge on any atom is -0.462 e. The first-order valence-electron chi connectivity index (χ1n) is 6.16. The third-order valence-corrected chi connectivity index (χ3v) is 3.14. The molecule has 0 aromatic rings. The third-order valence-electron chi connectivity index (χ3n) is 3.14. The highest BCUT2D eigenvalue weighted by molar-refractivity contribution is 5.71. The van der Waals surface area contributed by atoms with Crippen LogP contribution in [0.25, 0.3) is 0 Å². The zero-order valence-corrected chi connectivity index (χ0v) is 10.6. The van der Waals surface area contributed by atoms with Crippen LogP contribution in [0.4, 0.5) is 0 Å². The van der Waals surface area contributed by atoms with Crippen molar-refractivity contribution in [3.63, 3.8) is 0 Å². The Bertz CT molecular complexity index is 231. The molecule has 4 heteroatoms. The molecule has 4 nitrogen and oxygen atoms in total. The lowest BCUT2D eigenvalue weighted by molar-refractivity contribution is -0.149. The summed E-state index contributed by atoms with van der Waals surface area (Å²) in [6.45, 7) is 7.94. The van der Waals surface area contributed by atoms with Gasteiger partial charge >= 0.3 is 5.97 Å². The van der Waals surface area contributed by atoms with Gasteiger partial charge in [-0.1, -0.05) is 0 Å². The minimum absolute atomic E-state index is 0.0297. The highest BCUT2D eigenvalue weighted by Gasteiger charge is 2.26. The molecule has 0 spiro atoms. The summed E-state index contributed by atoms with van der Waals surface area (Å²) in [7, 11) is 0. The maximum atomic E-state index is 11.6. The molecule has 2 atom stereocenters. The molecular weight excluding hydrogens is 204 g/mol. The van der Waals surface area contributed by atoms with Gasteiger partial charge in [0.25, 0.3) is 0 Å². The number of carbonyl (C=O) groups is 1. The first kappa shape index (κ1) is 13.5. The Kier molecular flexibility index (Phi) is 5.22. The summed E-state index contributed by atoms with van der Waals surface area (Å²) in [4.78, 5) is 13.8. The number of carbonyl (C=O) groups excluding carboxylic acids is 1. The van der Waals surface area contributed by atoms with E-state index in [0.717, 1.165) is 13.0 Å². The topological polar surface area (TPSA) is 55.6 Å². The van der Waals surface area contributed by atoms with Gasteiger partial charge in [-0.3, -0.25) is 9.69 Å². The first-order chi connectivity index (χ1) is 7.52. The number of esters is 1. The minimum atomic E-state index is -0.125. The van der Waals surface area contributed by atoms with Crippen LogP contribution in [0.5, 0.6) is 0 Å². The fourth-order valence-electron chi connectivity index (χ4n) is 2.14. The van der Waals surface area contributed by atoms with E-state index < -0.39 is 0 Å². The summed E-state index contributed by atoms with van der Waals surface area (Å²) in [5.41, 5.74) is 5.68. The van der Waals surface area contributed by atoms with Crippen molar-refractivity contribution in [2.75, 3.05) is 19.6 Å². The molecule has 2 unspecified atom stereocenters. The van der Waals surface area contributed by atoms with Crippen molar-refractivity contribution in [2.24, 2.45) is 11.7 Å².